The molecule has 0 bridgehead atoms. The smallest absolute Gasteiger partial charge is 0.149 e. The number of hydrogen-bond acceptors (Lipinski definition) is 2. The summed E-state index contributed by atoms with van der Waals surface area (Å²) >= 11 is 6.01. The Bertz CT molecular complexity index is 641. The van der Waals surface area contributed by atoms with Gasteiger partial charge in [-0.2, -0.15) is 0 Å². The third-order valence-corrected chi connectivity index (χ3v) is 2.86. The molecule has 98 valence electrons. The highest BCUT2D eigenvalue weighted by Gasteiger charge is 2.09. The van der Waals surface area contributed by atoms with Gasteiger partial charge in [0.2, 0.25) is 0 Å². The quantitative estimate of drug-likeness (QED) is 0.824. The molecule has 0 saturated carbocycles. The van der Waals surface area contributed by atoms with Gasteiger partial charge in [-0.1, -0.05) is 18.2 Å². The lowest BCUT2D eigenvalue weighted by molar-refractivity contribution is 0.586. The maximum Gasteiger partial charge on any atom is 0.149 e. The number of hydrogen-bond donors (Lipinski definition) is 2. The number of benzene rings is 2. The number of rotatable bonds is 3. The van der Waals surface area contributed by atoms with Crippen LogP contribution in [0.1, 0.15) is 5.56 Å². The van der Waals surface area contributed by atoms with Crippen LogP contribution in [0.5, 0.6) is 0 Å². The van der Waals surface area contributed by atoms with E-state index in [0.29, 0.717) is 22.0 Å². The Balaban J connectivity index is 2.28. The number of nitrogens with one attached hydrogen (secondary N) is 1. The zero-order valence-corrected chi connectivity index (χ0v) is 10.6. The van der Waals surface area contributed by atoms with Crippen molar-refractivity contribution in [2.75, 3.05) is 11.1 Å². The van der Waals surface area contributed by atoms with Crippen LogP contribution in [-0.2, 0) is 0 Å². The van der Waals surface area contributed by atoms with Crippen LogP contribution in [0.4, 0.5) is 20.2 Å². The summed E-state index contributed by atoms with van der Waals surface area (Å²) in [6, 6.07) is 8.13. The molecular weight excluding hydrogens is 270 g/mol. The molecule has 0 aliphatic rings. The molecule has 0 saturated heterocycles. The van der Waals surface area contributed by atoms with Gasteiger partial charge in [0.05, 0.1) is 10.7 Å². The minimum atomic E-state index is -0.707. The molecule has 2 aromatic carbocycles. The van der Waals surface area contributed by atoms with Gasteiger partial charge in [-0.05, 0) is 30.3 Å². The van der Waals surface area contributed by atoms with Crippen LogP contribution < -0.4 is 11.1 Å². The Hall–Kier alpha value is -2.07. The third-order valence-electron chi connectivity index (χ3n) is 2.53. The van der Waals surface area contributed by atoms with Crippen molar-refractivity contribution in [1.82, 2.24) is 0 Å². The van der Waals surface area contributed by atoms with Crippen LogP contribution >= 0.6 is 11.6 Å². The van der Waals surface area contributed by atoms with E-state index in [0.717, 1.165) is 12.1 Å². The fraction of sp³-hybridized carbons (Fsp3) is 0. The second-order valence-electron chi connectivity index (χ2n) is 3.97. The van der Waals surface area contributed by atoms with Crippen LogP contribution in [0.2, 0.25) is 5.02 Å². The molecule has 0 radical (unpaired) electrons. The minimum absolute atomic E-state index is 0.116. The predicted molar refractivity (Wildman–Crippen MR) is 74.9 cm³/mol. The molecule has 19 heavy (non-hydrogen) atoms. The van der Waals surface area contributed by atoms with Crippen molar-refractivity contribution >= 4 is 28.7 Å². The van der Waals surface area contributed by atoms with Gasteiger partial charge in [-0.25, -0.2) is 8.78 Å². The Morgan fingerprint density at radius 1 is 1.16 bits per heavy atom. The lowest BCUT2D eigenvalue weighted by atomic mass is 10.1. The van der Waals surface area contributed by atoms with Gasteiger partial charge < -0.3 is 11.1 Å². The molecule has 0 fully saturated rings. The van der Waals surface area contributed by atoms with Gasteiger partial charge in [0.1, 0.15) is 11.6 Å². The lowest BCUT2D eigenvalue weighted by Crippen LogP contribution is -2.01. The first-order valence-electron chi connectivity index (χ1n) is 5.44. The summed E-state index contributed by atoms with van der Waals surface area (Å²) in [4.78, 5) is 0. The van der Waals surface area contributed by atoms with E-state index in [4.69, 9.17) is 17.3 Å². The molecule has 0 aliphatic heterocycles. The van der Waals surface area contributed by atoms with Crippen molar-refractivity contribution in [3.63, 3.8) is 0 Å². The Labute approximate surface area is 114 Å². The van der Waals surface area contributed by atoms with Gasteiger partial charge in [-0.3, -0.25) is 0 Å². The topological polar surface area (TPSA) is 38.0 Å². The number of anilines is 2. The second-order valence-corrected chi connectivity index (χ2v) is 4.37. The van der Waals surface area contributed by atoms with E-state index in [-0.39, 0.29) is 5.69 Å². The van der Waals surface area contributed by atoms with Crippen LogP contribution in [0.15, 0.2) is 43.0 Å². The highest BCUT2D eigenvalue weighted by atomic mass is 35.5. The van der Waals surface area contributed by atoms with Crippen LogP contribution in [0.3, 0.4) is 0 Å². The van der Waals surface area contributed by atoms with Crippen molar-refractivity contribution in [1.29, 1.82) is 0 Å². The fourth-order valence-electron chi connectivity index (χ4n) is 1.59. The van der Waals surface area contributed by atoms with E-state index in [1.165, 1.54) is 6.07 Å². The monoisotopic (exact) mass is 280 g/mol. The zero-order chi connectivity index (χ0) is 14.0. The summed E-state index contributed by atoms with van der Waals surface area (Å²) in [5, 5.41) is 3.18. The van der Waals surface area contributed by atoms with Crippen molar-refractivity contribution in [3.05, 3.63) is 65.2 Å². The Morgan fingerprint density at radius 2 is 1.89 bits per heavy atom. The average Bonchev–Trinajstić information content (AvgIpc) is 2.35. The molecule has 0 aromatic heterocycles. The first kappa shape index (κ1) is 13.4. The first-order chi connectivity index (χ1) is 8.97. The molecule has 3 N–H and O–H groups in total. The van der Waals surface area contributed by atoms with E-state index in [2.05, 4.69) is 11.9 Å². The predicted octanol–water partition coefficient (Wildman–Crippen LogP) is 4.28. The van der Waals surface area contributed by atoms with Crippen molar-refractivity contribution in [3.8, 4) is 0 Å². The van der Waals surface area contributed by atoms with E-state index < -0.39 is 11.6 Å². The fourth-order valence-corrected chi connectivity index (χ4v) is 1.83. The van der Waals surface area contributed by atoms with Gasteiger partial charge in [-0.15, -0.1) is 0 Å². The normalized spacial score (nSPS) is 10.3. The Kier molecular flexibility index (Phi) is 3.71. The van der Waals surface area contributed by atoms with Crippen LogP contribution in [0.25, 0.3) is 5.70 Å². The standard InChI is InChI=1S/C14H11ClF2N2/c1-8(11-7-10(18)3-4-12(11)15)19-14-5-2-9(16)6-13(14)17/h2-7,19H,1,18H2. The van der Waals surface area contributed by atoms with Crippen molar-refractivity contribution in [2.45, 2.75) is 0 Å². The van der Waals surface area contributed by atoms with Gasteiger partial charge in [0.25, 0.3) is 0 Å². The molecule has 0 heterocycles. The van der Waals surface area contributed by atoms with E-state index >= 15 is 0 Å². The SMILES string of the molecule is C=C(Nc1ccc(F)cc1F)c1cc(N)ccc1Cl. The maximum atomic E-state index is 13.5. The summed E-state index contributed by atoms with van der Waals surface area (Å²) in [6.45, 7) is 3.77. The number of nitrogens with two attached hydrogens (primary N) is 1. The third kappa shape index (κ3) is 3.03. The second kappa shape index (κ2) is 5.28. The molecular formula is C14H11ClF2N2. The number of nitrogen functional groups attached to an aromatic ring is 1. The summed E-state index contributed by atoms with van der Waals surface area (Å²) in [5.74, 6) is -1.35. The molecule has 0 unspecified atom stereocenters. The van der Waals surface area contributed by atoms with Crippen molar-refractivity contribution in [2.24, 2.45) is 0 Å². The van der Waals surface area contributed by atoms with Gasteiger partial charge in [0.15, 0.2) is 0 Å². The summed E-state index contributed by atoms with van der Waals surface area (Å²) in [6.07, 6.45) is 0. The molecule has 2 rings (SSSR count). The van der Waals surface area contributed by atoms with Gasteiger partial charge in [0, 0.05) is 23.0 Å². The van der Waals surface area contributed by atoms with Crippen molar-refractivity contribution < 1.29 is 8.78 Å². The van der Waals surface area contributed by atoms with E-state index in [1.54, 1.807) is 18.2 Å². The highest BCUT2D eigenvalue weighted by molar-refractivity contribution is 6.32. The molecule has 5 heteroatoms. The summed E-state index contributed by atoms with van der Waals surface area (Å²) < 4.78 is 26.3. The molecule has 2 nitrogen and oxygen atoms in total. The van der Waals surface area contributed by atoms with Gasteiger partial charge >= 0.3 is 0 Å². The Morgan fingerprint density at radius 3 is 2.58 bits per heavy atom. The highest BCUT2D eigenvalue weighted by Crippen LogP contribution is 2.27. The minimum Gasteiger partial charge on any atom is -0.399 e. The maximum absolute atomic E-state index is 13.5. The molecule has 0 aliphatic carbocycles. The molecule has 2 aromatic rings. The van der Waals surface area contributed by atoms with E-state index in [9.17, 15) is 8.78 Å². The zero-order valence-electron chi connectivity index (χ0n) is 9.88. The largest absolute Gasteiger partial charge is 0.399 e. The summed E-state index contributed by atoms with van der Waals surface area (Å²) in [5.41, 5.74) is 7.23. The molecule has 0 amide bonds. The number of halogens is 3. The van der Waals surface area contributed by atoms with Crippen LogP contribution in [-0.4, -0.2) is 0 Å². The first-order valence-corrected chi connectivity index (χ1v) is 5.81. The average molecular weight is 281 g/mol. The summed E-state index contributed by atoms with van der Waals surface area (Å²) in [7, 11) is 0. The molecule has 0 spiro atoms. The van der Waals surface area contributed by atoms with E-state index in [1.807, 2.05) is 0 Å². The van der Waals surface area contributed by atoms with Crippen LogP contribution in [0, 0.1) is 11.6 Å². The molecule has 0 atom stereocenters. The lowest BCUT2D eigenvalue weighted by Gasteiger charge is -2.12.